The number of anilines is 1. The molecule has 1 N–H and O–H groups in total. The third kappa shape index (κ3) is 5.75. The average Bonchev–Trinajstić information content (AvgIpc) is 2.75. The van der Waals surface area contributed by atoms with Crippen molar-refractivity contribution in [1.82, 2.24) is 0 Å². The second-order valence-corrected chi connectivity index (χ2v) is 8.75. The molecule has 0 aromatic heterocycles. The number of hydrogen-bond donors (Lipinski definition) is 1. The van der Waals surface area contributed by atoms with Gasteiger partial charge in [-0.05, 0) is 30.3 Å². The molecule has 3 aromatic rings. The van der Waals surface area contributed by atoms with Crippen LogP contribution in [0.1, 0.15) is 5.56 Å². The van der Waals surface area contributed by atoms with Crippen molar-refractivity contribution in [3.63, 3.8) is 0 Å². The molecule has 0 spiro atoms. The Labute approximate surface area is 198 Å². The Morgan fingerprint density at radius 2 is 1.46 bits per heavy atom. The number of ether oxygens (including phenoxy) is 1. The topological polar surface area (TPSA) is 142 Å². The fourth-order valence-electron chi connectivity index (χ4n) is 2.70. The van der Waals surface area contributed by atoms with Crippen molar-refractivity contribution in [1.29, 1.82) is 0 Å². The third-order valence-corrected chi connectivity index (χ3v) is 5.98. The van der Waals surface area contributed by atoms with Crippen molar-refractivity contribution in [3.8, 4) is 11.5 Å². The van der Waals surface area contributed by atoms with Crippen LogP contribution in [0.15, 0.2) is 59.5 Å². The molecule has 0 bridgehead atoms. The summed E-state index contributed by atoms with van der Waals surface area (Å²) in [6.07, 6.45) is -5.02. The third-order valence-electron chi connectivity index (χ3n) is 4.32. The molecule has 0 amide bonds. The lowest BCUT2D eigenvalue weighted by Crippen LogP contribution is -2.14. The van der Waals surface area contributed by atoms with Gasteiger partial charge in [0.2, 0.25) is 0 Å². The summed E-state index contributed by atoms with van der Waals surface area (Å²) < 4.78 is 86.1. The molecule has 0 fully saturated rings. The molecule has 3 rings (SSSR count). The van der Waals surface area contributed by atoms with Gasteiger partial charge >= 0.3 is 6.18 Å². The van der Waals surface area contributed by atoms with E-state index in [1.807, 2.05) is 4.72 Å². The van der Waals surface area contributed by atoms with Crippen LogP contribution in [0.25, 0.3) is 0 Å². The number of nitrogens with zero attached hydrogens (tertiary/aromatic N) is 2. The minimum Gasteiger partial charge on any atom is -0.455 e. The van der Waals surface area contributed by atoms with E-state index in [2.05, 4.69) is 0 Å². The van der Waals surface area contributed by atoms with Crippen molar-refractivity contribution in [2.45, 2.75) is 11.1 Å². The van der Waals surface area contributed by atoms with E-state index in [4.69, 9.17) is 16.3 Å². The van der Waals surface area contributed by atoms with Gasteiger partial charge in [0.1, 0.15) is 22.9 Å². The van der Waals surface area contributed by atoms with E-state index in [1.165, 1.54) is 0 Å². The molecule has 0 atom stereocenters. The van der Waals surface area contributed by atoms with Crippen LogP contribution in [0.4, 0.5) is 34.6 Å². The first-order chi connectivity index (χ1) is 16.2. The van der Waals surface area contributed by atoms with Gasteiger partial charge in [0.25, 0.3) is 21.4 Å². The Bertz CT molecular complexity index is 1450. The molecule has 10 nitrogen and oxygen atoms in total. The molecule has 0 unspecified atom stereocenters. The molecule has 3 aromatic carbocycles. The van der Waals surface area contributed by atoms with E-state index in [9.17, 15) is 46.2 Å². The number of hydrogen-bond acceptors (Lipinski definition) is 7. The monoisotopic (exact) mass is 535 g/mol. The molecule has 0 aliphatic carbocycles. The molecule has 0 saturated carbocycles. The summed E-state index contributed by atoms with van der Waals surface area (Å²) in [6, 6.07) is 6.46. The lowest BCUT2D eigenvalue weighted by Gasteiger charge is -2.15. The molecule has 35 heavy (non-hydrogen) atoms. The molecule has 0 heterocycles. The summed E-state index contributed by atoms with van der Waals surface area (Å²) in [5, 5.41) is 21.2. The lowest BCUT2D eigenvalue weighted by atomic mass is 10.1. The van der Waals surface area contributed by atoms with Gasteiger partial charge in [0, 0.05) is 24.3 Å². The van der Waals surface area contributed by atoms with E-state index >= 15 is 0 Å². The summed E-state index contributed by atoms with van der Waals surface area (Å²) in [6.45, 7) is 0. The first-order valence-corrected chi connectivity index (χ1v) is 10.8. The lowest BCUT2D eigenvalue weighted by molar-refractivity contribution is -0.385. The summed E-state index contributed by atoms with van der Waals surface area (Å²) in [4.78, 5) is 19.2. The number of non-ortho nitro benzene ring substituents is 2. The zero-order valence-electron chi connectivity index (χ0n) is 16.7. The minimum atomic E-state index is -5.02. The van der Waals surface area contributed by atoms with Gasteiger partial charge in [-0.1, -0.05) is 11.6 Å². The van der Waals surface area contributed by atoms with E-state index in [-0.39, 0.29) is 6.07 Å². The van der Waals surface area contributed by atoms with Gasteiger partial charge in [-0.15, -0.1) is 0 Å². The maximum atomic E-state index is 13.9. The van der Waals surface area contributed by atoms with E-state index in [0.29, 0.717) is 18.2 Å². The molecule has 0 saturated heterocycles. The average molecular weight is 536 g/mol. The quantitative estimate of drug-likeness (QED) is 0.225. The standard InChI is InChI=1S/C19H10ClF4N3O7S/c20-14-9-12(35(32,33)25-16-8-11(27(30)31)1-4-15(16)21)3-6-18(14)34-17-5-2-10(26(28)29)7-13(17)19(22,23)24/h1-9,25H. The smallest absolute Gasteiger partial charge is 0.420 e. The van der Waals surface area contributed by atoms with Gasteiger partial charge < -0.3 is 4.74 Å². The number of nitro benzene ring substituents is 2. The maximum absolute atomic E-state index is 13.9. The Balaban J connectivity index is 1.93. The van der Waals surface area contributed by atoms with Crippen LogP contribution in [0.2, 0.25) is 5.02 Å². The van der Waals surface area contributed by atoms with Gasteiger partial charge in [-0.3, -0.25) is 25.0 Å². The molecule has 184 valence electrons. The SMILES string of the molecule is O=[N+]([O-])c1ccc(F)c(NS(=O)(=O)c2ccc(Oc3ccc([N+](=O)[O-])cc3C(F)(F)F)c(Cl)c2)c1. The number of sulfonamides is 1. The fourth-order valence-corrected chi connectivity index (χ4v) is 4.07. The number of nitro groups is 2. The Kier molecular flexibility index (Phi) is 6.84. The van der Waals surface area contributed by atoms with Crippen LogP contribution in [0.5, 0.6) is 11.5 Å². The molecule has 0 aliphatic rings. The largest absolute Gasteiger partial charge is 0.455 e. The fraction of sp³-hybridized carbons (Fsp3) is 0.0526. The molecule has 16 heteroatoms. The number of rotatable bonds is 7. The highest BCUT2D eigenvalue weighted by Gasteiger charge is 2.36. The first kappa shape index (κ1) is 25.6. The van der Waals surface area contributed by atoms with Crippen molar-refractivity contribution in [3.05, 3.63) is 91.2 Å². The van der Waals surface area contributed by atoms with Crippen molar-refractivity contribution in [2.24, 2.45) is 0 Å². The number of alkyl halides is 3. The maximum Gasteiger partial charge on any atom is 0.420 e. The second kappa shape index (κ2) is 9.34. The summed E-state index contributed by atoms with van der Waals surface area (Å²) in [7, 11) is -4.54. The van der Waals surface area contributed by atoms with Gasteiger partial charge in [0.05, 0.1) is 25.5 Å². The van der Waals surface area contributed by atoms with E-state index in [0.717, 1.165) is 30.3 Å². The normalized spacial score (nSPS) is 11.7. The van der Waals surface area contributed by atoms with Crippen molar-refractivity contribution < 1.29 is 40.6 Å². The summed E-state index contributed by atoms with van der Waals surface area (Å²) in [5.74, 6) is -2.37. The molecule has 0 radical (unpaired) electrons. The van der Waals surface area contributed by atoms with Crippen molar-refractivity contribution in [2.75, 3.05) is 4.72 Å². The number of benzene rings is 3. The summed E-state index contributed by atoms with van der Waals surface area (Å²) >= 11 is 5.96. The molecular formula is C19H10ClF4N3O7S. The van der Waals surface area contributed by atoms with Crippen molar-refractivity contribution >= 4 is 38.7 Å². The molecular weight excluding hydrogens is 526 g/mol. The Hall–Kier alpha value is -3.98. The zero-order valence-corrected chi connectivity index (χ0v) is 18.3. The second-order valence-electron chi connectivity index (χ2n) is 6.66. The first-order valence-electron chi connectivity index (χ1n) is 8.99. The van der Waals surface area contributed by atoms with Gasteiger partial charge in [-0.25, -0.2) is 12.8 Å². The highest BCUT2D eigenvalue weighted by atomic mass is 35.5. The van der Waals surface area contributed by atoms with E-state index in [1.54, 1.807) is 0 Å². The van der Waals surface area contributed by atoms with Gasteiger partial charge in [-0.2, -0.15) is 13.2 Å². The molecule has 0 aliphatic heterocycles. The number of nitrogens with one attached hydrogen (secondary N) is 1. The number of halogens is 5. The van der Waals surface area contributed by atoms with Crippen LogP contribution in [-0.2, 0) is 16.2 Å². The predicted octanol–water partition coefficient (Wildman–Crippen LogP) is 5.91. The van der Waals surface area contributed by atoms with E-state index < -0.39 is 75.9 Å². The predicted molar refractivity (Wildman–Crippen MR) is 113 cm³/mol. The summed E-state index contributed by atoms with van der Waals surface area (Å²) in [5.41, 5.74) is -3.62. The minimum absolute atomic E-state index is 0.263. The highest BCUT2D eigenvalue weighted by Crippen LogP contribution is 2.41. The van der Waals surface area contributed by atoms with Crippen LogP contribution in [0.3, 0.4) is 0 Å². The van der Waals surface area contributed by atoms with Crippen LogP contribution in [-0.4, -0.2) is 18.3 Å². The van der Waals surface area contributed by atoms with Crippen LogP contribution in [0, 0.1) is 26.0 Å². The Morgan fingerprint density at radius 3 is 2.03 bits per heavy atom. The zero-order chi connectivity index (χ0) is 26.1. The van der Waals surface area contributed by atoms with Gasteiger partial charge in [0.15, 0.2) is 0 Å². The Morgan fingerprint density at radius 1 is 0.886 bits per heavy atom. The van der Waals surface area contributed by atoms with Crippen LogP contribution >= 0.6 is 11.6 Å². The highest BCUT2D eigenvalue weighted by molar-refractivity contribution is 7.92. The van der Waals surface area contributed by atoms with Crippen LogP contribution < -0.4 is 9.46 Å².